The number of hydrogen-bond acceptors (Lipinski definition) is 2. The molecule has 0 aliphatic heterocycles. The fraction of sp³-hybridized carbons (Fsp3) is 0.600. The minimum atomic E-state index is -0.0650. The second kappa shape index (κ2) is 7.78. The highest BCUT2D eigenvalue weighted by molar-refractivity contribution is 5.85. The quantitative estimate of drug-likeness (QED) is 0.878. The first kappa shape index (κ1) is 15.5. The van der Waals surface area contributed by atoms with Gasteiger partial charge in [-0.25, -0.2) is 0 Å². The number of hydrogen-bond donors (Lipinski definition) is 2. The molecule has 2 N–H and O–H groups in total. The van der Waals surface area contributed by atoms with E-state index in [9.17, 15) is 5.11 Å². The Bertz CT molecular complexity index is 323. The lowest BCUT2D eigenvalue weighted by molar-refractivity contribution is 0.114. The molecule has 1 fully saturated rings. The zero-order chi connectivity index (χ0) is 12.1. The average molecular weight is 270 g/mol. The van der Waals surface area contributed by atoms with E-state index in [1.54, 1.807) is 0 Å². The van der Waals surface area contributed by atoms with E-state index in [4.69, 9.17) is 0 Å². The Hall–Kier alpha value is -0.570. The second-order valence-electron chi connectivity index (χ2n) is 5.04. The number of benzene rings is 1. The highest BCUT2D eigenvalue weighted by Crippen LogP contribution is 2.23. The van der Waals surface area contributed by atoms with Crippen molar-refractivity contribution in [1.82, 2.24) is 5.32 Å². The van der Waals surface area contributed by atoms with Crippen LogP contribution in [0.25, 0.3) is 0 Å². The van der Waals surface area contributed by atoms with Crippen molar-refractivity contribution >= 4 is 12.4 Å². The van der Waals surface area contributed by atoms with Crippen molar-refractivity contribution in [2.24, 2.45) is 0 Å². The van der Waals surface area contributed by atoms with Crippen molar-refractivity contribution in [2.45, 2.75) is 57.2 Å². The Labute approximate surface area is 116 Å². The number of aliphatic hydroxyl groups is 1. The van der Waals surface area contributed by atoms with Crippen LogP contribution in [0, 0.1) is 0 Å². The summed E-state index contributed by atoms with van der Waals surface area (Å²) in [4.78, 5) is 0. The SMILES string of the molecule is CCC(NC1CCC(O)CC1)c1ccccc1.Cl. The Morgan fingerprint density at radius 2 is 1.78 bits per heavy atom. The molecule has 1 unspecified atom stereocenters. The molecule has 18 heavy (non-hydrogen) atoms. The zero-order valence-electron chi connectivity index (χ0n) is 11.0. The lowest BCUT2D eigenvalue weighted by Gasteiger charge is -2.30. The van der Waals surface area contributed by atoms with Gasteiger partial charge < -0.3 is 10.4 Å². The van der Waals surface area contributed by atoms with Crippen molar-refractivity contribution in [3.8, 4) is 0 Å². The molecule has 0 bridgehead atoms. The van der Waals surface area contributed by atoms with Crippen molar-refractivity contribution in [3.63, 3.8) is 0 Å². The summed E-state index contributed by atoms with van der Waals surface area (Å²) in [6.45, 7) is 2.22. The van der Waals surface area contributed by atoms with Crippen LogP contribution in [0.4, 0.5) is 0 Å². The van der Waals surface area contributed by atoms with Crippen molar-refractivity contribution in [1.29, 1.82) is 0 Å². The van der Waals surface area contributed by atoms with Gasteiger partial charge in [-0.15, -0.1) is 12.4 Å². The molecular weight excluding hydrogens is 246 g/mol. The Morgan fingerprint density at radius 1 is 1.17 bits per heavy atom. The molecule has 1 aromatic rings. The summed E-state index contributed by atoms with van der Waals surface area (Å²) >= 11 is 0. The summed E-state index contributed by atoms with van der Waals surface area (Å²) in [6, 6.07) is 11.7. The minimum absolute atomic E-state index is 0. The van der Waals surface area contributed by atoms with Crippen LogP contribution in [-0.2, 0) is 0 Å². The summed E-state index contributed by atoms with van der Waals surface area (Å²) in [5.74, 6) is 0. The van der Waals surface area contributed by atoms with E-state index < -0.39 is 0 Å². The van der Waals surface area contributed by atoms with Crippen LogP contribution < -0.4 is 5.32 Å². The topological polar surface area (TPSA) is 32.3 Å². The first-order chi connectivity index (χ1) is 8.29. The van der Waals surface area contributed by atoms with Gasteiger partial charge in [0.15, 0.2) is 0 Å². The average Bonchev–Trinajstić information content (AvgIpc) is 2.39. The molecule has 0 spiro atoms. The Kier molecular flexibility index (Phi) is 6.69. The standard InChI is InChI=1S/C15H23NO.ClH/c1-2-15(12-6-4-3-5-7-12)16-13-8-10-14(17)11-9-13;/h3-7,13-17H,2,8-11H2,1H3;1H. The second-order valence-corrected chi connectivity index (χ2v) is 5.04. The predicted molar refractivity (Wildman–Crippen MR) is 78.1 cm³/mol. The molecule has 1 aliphatic rings. The summed E-state index contributed by atoms with van der Waals surface area (Å²) in [5.41, 5.74) is 1.38. The van der Waals surface area contributed by atoms with Crippen LogP contribution >= 0.6 is 12.4 Å². The van der Waals surface area contributed by atoms with Crippen LogP contribution in [0.5, 0.6) is 0 Å². The fourth-order valence-corrected chi connectivity index (χ4v) is 2.66. The minimum Gasteiger partial charge on any atom is -0.393 e. The maximum absolute atomic E-state index is 9.51. The molecule has 2 rings (SSSR count). The van der Waals surface area contributed by atoms with Crippen LogP contribution in [-0.4, -0.2) is 17.3 Å². The summed E-state index contributed by atoms with van der Waals surface area (Å²) in [7, 11) is 0. The van der Waals surface area contributed by atoms with E-state index in [-0.39, 0.29) is 18.5 Å². The van der Waals surface area contributed by atoms with Crippen LogP contribution in [0.15, 0.2) is 30.3 Å². The third-order valence-corrected chi connectivity index (χ3v) is 3.74. The Morgan fingerprint density at radius 3 is 2.33 bits per heavy atom. The maximum atomic E-state index is 9.51. The van der Waals surface area contributed by atoms with Gasteiger partial charge in [0.25, 0.3) is 0 Å². The van der Waals surface area contributed by atoms with Gasteiger partial charge in [-0.05, 0) is 37.7 Å². The van der Waals surface area contributed by atoms with Gasteiger partial charge in [0.05, 0.1) is 6.10 Å². The molecule has 1 aliphatic carbocycles. The molecule has 1 saturated carbocycles. The first-order valence-electron chi connectivity index (χ1n) is 6.78. The number of aliphatic hydroxyl groups excluding tert-OH is 1. The molecule has 0 aromatic heterocycles. The third-order valence-electron chi connectivity index (χ3n) is 3.74. The molecule has 0 amide bonds. The van der Waals surface area contributed by atoms with E-state index in [0.717, 1.165) is 32.1 Å². The van der Waals surface area contributed by atoms with Crippen molar-refractivity contribution < 1.29 is 5.11 Å². The molecular formula is C15H24ClNO. The smallest absolute Gasteiger partial charge is 0.0541 e. The molecule has 0 heterocycles. The van der Waals surface area contributed by atoms with Gasteiger partial charge in [-0.2, -0.15) is 0 Å². The molecule has 2 nitrogen and oxygen atoms in total. The summed E-state index contributed by atoms with van der Waals surface area (Å²) in [5, 5.41) is 13.2. The van der Waals surface area contributed by atoms with Gasteiger partial charge in [0.1, 0.15) is 0 Å². The van der Waals surface area contributed by atoms with Crippen molar-refractivity contribution in [3.05, 3.63) is 35.9 Å². The number of nitrogens with one attached hydrogen (secondary N) is 1. The van der Waals surface area contributed by atoms with Gasteiger partial charge in [0.2, 0.25) is 0 Å². The van der Waals surface area contributed by atoms with E-state index >= 15 is 0 Å². The summed E-state index contributed by atoms with van der Waals surface area (Å²) in [6.07, 6.45) is 5.15. The lowest BCUT2D eigenvalue weighted by atomic mass is 9.91. The molecule has 1 aromatic carbocycles. The molecule has 1 atom stereocenters. The van der Waals surface area contributed by atoms with Gasteiger partial charge >= 0.3 is 0 Å². The normalized spacial score (nSPS) is 25.2. The van der Waals surface area contributed by atoms with Crippen LogP contribution in [0.3, 0.4) is 0 Å². The predicted octanol–water partition coefficient (Wildman–Crippen LogP) is 3.45. The monoisotopic (exact) mass is 269 g/mol. The molecule has 0 radical (unpaired) electrons. The molecule has 3 heteroatoms. The van der Waals surface area contributed by atoms with Crippen molar-refractivity contribution in [2.75, 3.05) is 0 Å². The third kappa shape index (κ3) is 4.27. The number of halogens is 1. The highest BCUT2D eigenvalue weighted by atomic mass is 35.5. The van der Waals surface area contributed by atoms with Crippen LogP contribution in [0.2, 0.25) is 0 Å². The maximum Gasteiger partial charge on any atom is 0.0541 e. The Balaban J connectivity index is 0.00000162. The van der Waals surface area contributed by atoms with E-state index in [1.165, 1.54) is 5.56 Å². The first-order valence-corrected chi connectivity index (χ1v) is 6.78. The highest BCUT2D eigenvalue weighted by Gasteiger charge is 2.21. The zero-order valence-corrected chi connectivity index (χ0v) is 11.8. The molecule has 102 valence electrons. The summed E-state index contributed by atoms with van der Waals surface area (Å²) < 4.78 is 0. The fourth-order valence-electron chi connectivity index (χ4n) is 2.66. The van der Waals surface area contributed by atoms with E-state index in [1.807, 2.05) is 0 Å². The van der Waals surface area contributed by atoms with Crippen LogP contribution in [0.1, 0.15) is 50.6 Å². The van der Waals surface area contributed by atoms with E-state index in [2.05, 4.69) is 42.6 Å². The molecule has 0 saturated heterocycles. The van der Waals surface area contributed by atoms with Gasteiger partial charge in [0, 0.05) is 12.1 Å². The van der Waals surface area contributed by atoms with Gasteiger partial charge in [-0.3, -0.25) is 0 Å². The van der Waals surface area contributed by atoms with Gasteiger partial charge in [-0.1, -0.05) is 37.3 Å². The number of rotatable bonds is 4. The largest absolute Gasteiger partial charge is 0.393 e. The lowest BCUT2D eigenvalue weighted by Crippen LogP contribution is -2.36. The van der Waals surface area contributed by atoms with E-state index in [0.29, 0.717) is 12.1 Å².